The van der Waals surface area contributed by atoms with Crippen molar-refractivity contribution >= 4 is 11.8 Å². The molecule has 2 atom stereocenters. The summed E-state index contributed by atoms with van der Waals surface area (Å²) < 4.78 is 33.1. The van der Waals surface area contributed by atoms with Gasteiger partial charge in [-0.05, 0) is 109 Å². The summed E-state index contributed by atoms with van der Waals surface area (Å²) in [5.74, 6) is -0.677. The fourth-order valence-corrected chi connectivity index (χ4v) is 6.22. The van der Waals surface area contributed by atoms with Gasteiger partial charge in [-0.3, -0.25) is 4.99 Å². The molecule has 0 aromatic heterocycles. The van der Waals surface area contributed by atoms with Gasteiger partial charge in [0.05, 0.1) is 0 Å². The van der Waals surface area contributed by atoms with Crippen molar-refractivity contribution in [2.45, 2.75) is 125 Å². The van der Waals surface area contributed by atoms with E-state index in [-0.39, 0.29) is 12.1 Å². The van der Waals surface area contributed by atoms with Crippen LogP contribution >= 0.6 is 0 Å². The summed E-state index contributed by atoms with van der Waals surface area (Å²) in [6, 6.07) is 3.83. The van der Waals surface area contributed by atoms with Crippen molar-refractivity contribution < 1.29 is 18.3 Å². The van der Waals surface area contributed by atoms with E-state index in [0.29, 0.717) is 37.5 Å². The van der Waals surface area contributed by atoms with Crippen LogP contribution in [0.4, 0.5) is 13.6 Å². The van der Waals surface area contributed by atoms with Crippen molar-refractivity contribution in [3.05, 3.63) is 71.1 Å². The topological polar surface area (TPSA) is 45.1 Å². The molecule has 1 aromatic carbocycles. The second kappa shape index (κ2) is 18.1. The summed E-state index contributed by atoms with van der Waals surface area (Å²) in [6.45, 7) is 22.5. The fraction of sp³-hybridized carbons (Fsp3) is 0.622. The lowest BCUT2D eigenvalue weighted by Gasteiger charge is -2.43. The number of allylic oxidation sites excluding steroid dienone is 4. The third-order valence-corrected chi connectivity index (χ3v) is 8.35. The number of hydrogen-bond donors (Lipinski definition) is 0. The summed E-state index contributed by atoms with van der Waals surface area (Å²) in [7, 11) is 0. The molecule has 1 aromatic rings. The smallest absolute Gasteiger partial charge is 0.410 e. The molecule has 246 valence electrons. The quantitative estimate of drug-likeness (QED) is 0.112. The number of carbonyl (C=O) groups is 1. The van der Waals surface area contributed by atoms with Crippen molar-refractivity contribution in [1.29, 1.82) is 0 Å². The third kappa shape index (κ3) is 11.5. The SMILES string of the molecule is C=CN=C(CCCCc1cc(F)cc(F)c1)C(/C(=C\C)C(CC)CCCCC)=C(\C)N1CCN(C(=O)OC(C)(C)C)C[C@@H]1C. The molecule has 1 aliphatic rings. The number of halogens is 2. The summed E-state index contributed by atoms with van der Waals surface area (Å²) in [6.07, 6.45) is 12.3. The molecule has 1 heterocycles. The minimum absolute atomic E-state index is 0.0948. The highest BCUT2D eigenvalue weighted by atomic mass is 19.1. The van der Waals surface area contributed by atoms with Crippen LogP contribution in [-0.2, 0) is 11.2 Å². The van der Waals surface area contributed by atoms with E-state index in [4.69, 9.17) is 9.73 Å². The molecule has 1 saturated heterocycles. The molecule has 1 fully saturated rings. The molecule has 7 heteroatoms. The first-order valence-corrected chi connectivity index (χ1v) is 16.6. The number of ether oxygens (including phenoxy) is 1. The Labute approximate surface area is 266 Å². The monoisotopic (exact) mass is 613 g/mol. The van der Waals surface area contributed by atoms with Gasteiger partial charge < -0.3 is 14.5 Å². The Morgan fingerprint density at radius 3 is 2.34 bits per heavy atom. The molecule has 0 saturated carbocycles. The number of aryl methyl sites for hydroxylation is 1. The number of nitrogens with zero attached hydrogens (tertiary/aromatic N) is 3. The number of piperazine rings is 1. The lowest BCUT2D eigenvalue weighted by molar-refractivity contribution is 0.0101. The van der Waals surface area contributed by atoms with Crippen LogP contribution in [0.1, 0.15) is 112 Å². The Morgan fingerprint density at radius 2 is 1.80 bits per heavy atom. The highest BCUT2D eigenvalue weighted by Crippen LogP contribution is 2.34. The Balaban J connectivity index is 2.41. The zero-order valence-corrected chi connectivity index (χ0v) is 28.6. The summed E-state index contributed by atoms with van der Waals surface area (Å²) in [5, 5.41) is 0. The van der Waals surface area contributed by atoms with Gasteiger partial charge in [-0.2, -0.15) is 0 Å². The van der Waals surface area contributed by atoms with Crippen molar-refractivity contribution in [2.24, 2.45) is 10.9 Å². The van der Waals surface area contributed by atoms with Crippen LogP contribution in [0.3, 0.4) is 0 Å². The third-order valence-electron chi connectivity index (χ3n) is 8.35. The molecule has 0 spiro atoms. The second-order valence-corrected chi connectivity index (χ2v) is 13.0. The number of rotatable bonds is 15. The second-order valence-electron chi connectivity index (χ2n) is 13.0. The van der Waals surface area contributed by atoms with Crippen LogP contribution in [0.2, 0.25) is 0 Å². The number of carbonyl (C=O) groups excluding carboxylic acids is 1. The largest absolute Gasteiger partial charge is 0.444 e. The van der Waals surface area contributed by atoms with E-state index in [2.05, 4.69) is 52.2 Å². The lowest BCUT2D eigenvalue weighted by atomic mass is 9.82. The van der Waals surface area contributed by atoms with E-state index in [9.17, 15) is 13.6 Å². The fourth-order valence-electron chi connectivity index (χ4n) is 6.22. The maximum Gasteiger partial charge on any atom is 0.410 e. The average Bonchev–Trinajstić information content (AvgIpc) is 2.94. The number of aliphatic imine (C=N–C) groups is 1. The summed E-state index contributed by atoms with van der Waals surface area (Å²) in [4.78, 5) is 21.9. The predicted octanol–water partition coefficient (Wildman–Crippen LogP) is 10.0. The van der Waals surface area contributed by atoms with Crippen LogP contribution in [0.5, 0.6) is 0 Å². The van der Waals surface area contributed by atoms with Crippen LogP contribution < -0.4 is 0 Å². The van der Waals surface area contributed by atoms with Crippen LogP contribution in [-0.4, -0.2) is 52.9 Å². The summed E-state index contributed by atoms with van der Waals surface area (Å²) in [5.41, 5.74) is 4.78. The van der Waals surface area contributed by atoms with Gasteiger partial charge in [0, 0.05) is 54.9 Å². The first kappa shape index (κ1) is 37.2. The van der Waals surface area contributed by atoms with E-state index in [0.717, 1.165) is 49.6 Å². The Morgan fingerprint density at radius 1 is 1.11 bits per heavy atom. The zero-order chi connectivity index (χ0) is 32.9. The van der Waals surface area contributed by atoms with E-state index in [1.807, 2.05) is 25.7 Å². The van der Waals surface area contributed by atoms with Crippen LogP contribution in [0.25, 0.3) is 0 Å². The van der Waals surface area contributed by atoms with Crippen molar-refractivity contribution in [1.82, 2.24) is 9.80 Å². The molecular weight excluding hydrogens is 556 g/mol. The highest BCUT2D eigenvalue weighted by Gasteiger charge is 2.32. The van der Waals surface area contributed by atoms with Gasteiger partial charge in [-0.1, -0.05) is 45.8 Å². The maximum atomic E-state index is 13.7. The van der Waals surface area contributed by atoms with Crippen molar-refractivity contribution in [3.63, 3.8) is 0 Å². The molecule has 1 amide bonds. The van der Waals surface area contributed by atoms with Crippen LogP contribution in [0.15, 0.2) is 58.9 Å². The van der Waals surface area contributed by atoms with Gasteiger partial charge in [0.25, 0.3) is 0 Å². The maximum absolute atomic E-state index is 13.7. The van der Waals surface area contributed by atoms with Gasteiger partial charge in [0.15, 0.2) is 0 Å². The minimum Gasteiger partial charge on any atom is -0.444 e. The predicted molar refractivity (Wildman–Crippen MR) is 180 cm³/mol. The van der Waals surface area contributed by atoms with Crippen molar-refractivity contribution in [3.8, 4) is 0 Å². The highest BCUT2D eigenvalue weighted by molar-refractivity contribution is 6.04. The van der Waals surface area contributed by atoms with Crippen molar-refractivity contribution in [2.75, 3.05) is 19.6 Å². The molecule has 0 N–H and O–H groups in total. The normalized spacial score (nSPS) is 17.8. The first-order valence-electron chi connectivity index (χ1n) is 16.6. The number of unbranched alkanes of at least 4 members (excludes halogenated alkanes) is 3. The van der Waals surface area contributed by atoms with Gasteiger partial charge in [0.1, 0.15) is 17.2 Å². The van der Waals surface area contributed by atoms with E-state index >= 15 is 0 Å². The molecule has 44 heavy (non-hydrogen) atoms. The van der Waals surface area contributed by atoms with Gasteiger partial charge >= 0.3 is 6.09 Å². The average molecular weight is 614 g/mol. The standard InChI is InChI=1S/C37H57F2N3O2/c1-10-14-15-19-30(11-2)33(12-3)35(28(6)42-22-21-41(26-27(42)5)36(43)44-37(7,8)9)34(40-13-4)20-17-16-18-29-23-31(38)25-32(39)24-29/h12-13,23-25,27,30H,4,10-11,14-22,26H2,1-3,5-9H3/b33-12-,35-28+,40-34?/t27-,30?/m0/s1. The number of hydrogen-bond acceptors (Lipinski definition) is 4. The van der Waals surface area contributed by atoms with E-state index in [1.54, 1.807) is 6.20 Å². The molecule has 0 radical (unpaired) electrons. The molecule has 1 unspecified atom stereocenters. The number of amides is 1. The Hall–Kier alpha value is -2.96. The van der Waals surface area contributed by atoms with Gasteiger partial charge in [-0.25, -0.2) is 13.6 Å². The lowest BCUT2D eigenvalue weighted by Crippen LogP contribution is -2.54. The molecule has 2 rings (SSSR count). The molecule has 0 bridgehead atoms. The molecule has 0 aliphatic carbocycles. The van der Waals surface area contributed by atoms with E-state index < -0.39 is 17.2 Å². The molecule has 5 nitrogen and oxygen atoms in total. The minimum atomic E-state index is -0.540. The first-order chi connectivity index (χ1) is 20.8. The summed E-state index contributed by atoms with van der Waals surface area (Å²) >= 11 is 0. The Bertz CT molecular complexity index is 1160. The molecule has 1 aliphatic heterocycles. The zero-order valence-electron chi connectivity index (χ0n) is 28.6. The molecular formula is C37H57F2N3O2. The van der Waals surface area contributed by atoms with Gasteiger partial charge in [-0.15, -0.1) is 0 Å². The van der Waals surface area contributed by atoms with Crippen LogP contribution in [0, 0.1) is 17.6 Å². The number of benzene rings is 1. The van der Waals surface area contributed by atoms with Gasteiger partial charge in [0.2, 0.25) is 0 Å². The van der Waals surface area contributed by atoms with E-state index in [1.165, 1.54) is 42.5 Å². The Kier molecular flexibility index (Phi) is 15.3.